The van der Waals surface area contributed by atoms with E-state index in [2.05, 4.69) is 5.10 Å². The SMILES string of the molecule is CC1(C(=O)O)CCN(C(=O)c2nn(-c3ccc(F)c(F)c3)c3c2CCC3)C1. The fourth-order valence-corrected chi connectivity index (χ4v) is 3.90. The summed E-state index contributed by atoms with van der Waals surface area (Å²) in [5.74, 6) is -3.14. The Morgan fingerprint density at radius 2 is 2.00 bits per heavy atom. The number of benzene rings is 1. The third kappa shape index (κ3) is 2.79. The third-order valence-electron chi connectivity index (χ3n) is 5.56. The van der Waals surface area contributed by atoms with Crippen molar-refractivity contribution in [3.8, 4) is 5.69 Å². The predicted octanol–water partition coefficient (Wildman–Crippen LogP) is 2.58. The van der Waals surface area contributed by atoms with E-state index >= 15 is 0 Å². The zero-order valence-corrected chi connectivity index (χ0v) is 14.8. The van der Waals surface area contributed by atoms with Gasteiger partial charge in [0.15, 0.2) is 17.3 Å². The maximum atomic E-state index is 13.6. The van der Waals surface area contributed by atoms with Gasteiger partial charge >= 0.3 is 5.97 Å². The molecule has 4 rings (SSSR count). The van der Waals surface area contributed by atoms with Crippen LogP contribution in [-0.2, 0) is 17.6 Å². The molecule has 2 heterocycles. The lowest BCUT2D eigenvalue weighted by Crippen LogP contribution is -2.35. The minimum atomic E-state index is -0.973. The molecule has 1 atom stereocenters. The lowest BCUT2D eigenvalue weighted by atomic mass is 9.90. The van der Waals surface area contributed by atoms with Crippen LogP contribution in [0.3, 0.4) is 0 Å². The van der Waals surface area contributed by atoms with Gasteiger partial charge in [0.1, 0.15) is 0 Å². The number of carboxylic acids is 1. The van der Waals surface area contributed by atoms with E-state index < -0.39 is 23.0 Å². The molecule has 1 saturated heterocycles. The van der Waals surface area contributed by atoms with Crippen LogP contribution in [0, 0.1) is 17.0 Å². The lowest BCUT2D eigenvalue weighted by molar-refractivity contribution is -0.147. The topological polar surface area (TPSA) is 75.4 Å². The number of aliphatic carboxylic acids is 1. The molecule has 2 aliphatic rings. The standard InChI is InChI=1S/C19H19F2N3O3/c1-19(18(26)27)7-8-23(10-19)17(25)16-12-3-2-4-15(12)24(22-16)11-5-6-13(20)14(21)9-11/h5-6,9H,2-4,7-8,10H2,1H3,(H,26,27). The largest absolute Gasteiger partial charge is 0.481 e. The van der Waals surface area contributed by atoms with Gasteiger partial charge in [-0.3, -0.25) is 9.59 Å². The molecule has 1 aromatic carbocycles. The Labute approximate surface area is 154 Å². The molecule has 1 fully saturated rings. The Morgan fingerprint density at radius 1 is 1.22 bits per heavy atom. The van der Waals surface area contributed by atoms with Crippen molar-refractivity contribution in [2.45, 2.75) is 32.6 Å². The Hall–Kier alpha value is -2.77. The van der Waals surface area contributed by atoms with Gasteiger partial charge in [0.25, 0.3) is 5.91 Å². The van der Waals surface area contributed by atoms with Crippen molar-refractivity contribution in [1.29, 1.82) is 0 Å². The van der Waals surface area contributed by atoms with Crippen molar-refractivity contribution < 1.29 is 23.5 Å². The highest BCUT2D eigenvalue weighted by atomic mass is 19.2. The molecule has 1 aromatic heterocycles. The van der Waals surface area contributed by atoms with E-state index in [1.165, 1.54) is 15.6 Å². The number of nitrogens with zero attached hydrogens (tertiary/aromatic N) is 3. The Bertz CT molecular complexity index is 956. The lowest BCUT2D eigenvalue weighted by Gasteiger charge is -2.19. The summed E-state index contributed by atoms with van der Waals surface area (Å²) in [6.07, 6.45) is 2.62. The third-order valence-corrected chi connectivity index (χ3v) is 5.56. The van der Waals surface area contributed by atoms with Crippen LogP contribution in [0.5, 0.6) is 0 Å². The van der Waals surface area contributed by atoms with Crippen molar-refractivity contribution in [1.82, 2.24) is 14.7 Å². The first-order valence-electron chi connectivity index (χ1n) is 8.89. The van der Waals surface area contributed by atoms with Gasteiger partial charge in [0.05, 0.1) is 11.1 Å². The first-order chi connectivity index (χ1) is 12.8. The number of hydrogen-bond acceptors (Lipinski definition) is 3. The molecule has 1 unspecified atom stereocenters. The number of rotatable bonds is 3. The molecule has 27 heavy (non-hydrogen) atoms. The van der Waals surface area contributed by atoms with E-state index in [9.17, 15) is 23.5 Å². The van der Waals surface area contributed by atoms with Crippen molar-refractivity contribution in [3.05, 3.63) is 46.8 Å². The number of aromatic nitrogens is 2. The van der Waals surface area contributed by atoms with E-state index in [0.717, 1.165) is 29.8 Å². The van der Waals surface area contributed by atoms with Crippen LogP contribution in [0.15, 0.2) is 18.2 Å². The highest BCUT2D eigenvalue weighted by Gasteiger charge is 2.43. The monoisotopic (exact) mass is 375 g/mol. The van der Waals surface area contributed by atoms with Crippen LogP contribution in [0.2, 0.25) is 0 Å². The zero-order valence-electron chi connectivity index (χ0n) is 14.8. The quantitative estimate of drug-likeness (QED) is 0.895. The van der Waals surface area contributed by atoms with Crippen LogP contribution in [0.4, 0.5) is 8.78 Å². The normalized spacial score (nSPS) is 21.5. The fraction of sp³-hybridized carbons (Fsp3) is 0.421. The molecular weight excluding hydrogens is 356 g/mol. The van der Waals surface area contributed by atoms with Gasteiger partial charge in [-0.1, -0.05) is 0 Å². The number of fused-ring (bicyclic) bond motifs is 1. The molecule has 1 amide bonds. The number of halogens is 2. The summed E-state index contributed by atoms with van der Waals surface area (Å²) < 4.78 is 28.4. The second kappa shape index (κ2) is 6.14. The molecule has 6 nitrogen and oxygen atoms in total. The van der Waals surface area contributed by atoms with Gasteiger partial charge in [-0.2, -0.15) is 5.10 Å². The molecule has 1 aliphatic carbocycles. The van der Waals surface area contributed by atoms with Gasteiger partial charge in [0.2, 0.25) is 0 Å². The Kier molecular flexibility index (Phi) is 4.01. The molecule has 0 saturated carbocycles. The van der Waals surface area contributed by atoms with Crippen LogP contribution in [-0.4, -0.2) is 44.8 Å². The van der Waals surface area contributed by atoms with E-state index in [0.29, 0.717) is 31.5 Å². The number of carbonyl (C=O) groups is 2. The molecular formula is C19H19F2N3O3. The van der Waals surface area contributed by atoms with Crippen LogP contribution < -0.4 is 0 Å². The molecule has 0 bridgehead atoms. The number of likely N-dealkylation sites (tertiary alicyclic amines) is 1. The summed E-state index contributed by atoms with van der Waals surface area (Å²) in [7, 11) is 0. The van der Waals surface area contributed by atoms with Gasteiger partial charge in [-0.05, 0) is 44.7 Å². The van der Waals surface area contributed by atoms with Crippen molar-refractivity contribution in [2.75, 3.05) is 13.1 Å². The van der Waals surface area contributed by atoms with Crippen molar-refractivity contribution in [2.24, 2.45) is 5.41 Å². The number of carbonyl (C=O) groups excluding carboxylic acids is 1. The average Bonchev–Trinajstić information content (AvgIpc) is 3.32. The first-order valence-corrected chi connectivity index (χ1v) is 8.89. The maximum absolute atomic E-state index is 13.6. The fourth-order valence-electron chi connectivity index (χ4n) is 3.90. The van der Waals surface area contributed by atoms with Crippen LogP contribution >= 0.6 is 0 Å². The first kappa shape index (κ1) is 17.6. The van der Waals surface area contributed by atoms with Gasteiger partial charge in [-0.15, -0.1) is 0 Å². The van der Waals surface area contributed by atoms with Crippen molar-refractivity contribution >= 4 is 11.9 Å². The minimum Gasteiger partial charge on any atom is -0.481 e. The molecule has 8 heteroatoms. The molecule has 2 aromatic rings. The summed E-state index contributed by atoms with van der Waals surface area (Å²) >= 11 is 0. The van der Waals surface area contributed by atoms with Gasteiger partial charge in [-0.25, -0.2) is 13.5 Å². The molecule has 1 aliphatic heterocycles. The summed E-state index contributed by atoms with van der Waals surface area (Å²) in [6, 6.07) is 3.52. The summed E-state index contributed by atoms with van der Waals surface area (Å²) in [5, 5.41) is 13.8. The number of amides is 1. The van der Waals surface area contributed by atoms with E-state index in [1.807, 2.05) is 0 Å². The Morgan fingerprint density at radius 3 is 2.67 bits per heavy atom. The molecule has 0 radical (unpaired) electrons. The van der Waals surface area contributed by atoms with E-state index in [-0.39, 0.29) is 18.1 Å². The highest BCUT2D eigenvalue weighted by molar-refractivity contribution is 5.95. The summed E-state index contributed by atoms with van der Waals surface area (Å²) in [5.41, 5.74) is 1.32. The minimum absolute atomic E-state index is 0.133. The second-order valence-electron chi connectivity index (χ2n) is 7.48. The summed E-state index contributed by atoms with van der Waals surface area (Å²) in [4.78, 5) is 26.0. The zero-order chi connectivity index (χ0) is 19.3. The summed E-state index contributed by atoms with van der Waals surface area (Å²) in [6.45, 7) is 2.12. The van der Waals surface area contributed by atoms with Crippen LogP contribution in [0.25, 0.3) is 5.69 Å². The van der Waals surface area contributed by atoms with Gasteiger partial charge < -0.3 is 10.0 Å². The molecule has 0 spiro atoms. The average molecular weight is 375 g/mol. The number of carboxylic acid groups (broad SMARTS) is 1. The second-order valence-corrected chi connectivity index (χ2v) is 7.48. The van der Waals surface area contributed by atoms with E-state index in [1.54, 1.807) is 6.92 Å². The van der Waals surface area contributed by atoms with Crippen molar-refractivity contribution in [3.63, 3.8) is 0 Å². The van der Waals surface area contributed by atoms with Gasteiger partial charge in [0, 0.05) is 30.4 Å². The molecule has 1 N–H and O–H groups in total. The van der Waals surface area contributed by atoms with E-state index in [4.69, 9.17) is 0 Å². The number of hydrogen-bond donors (Lipinski definition) is 1. The Balaban J connectivity index is 1.70. The molecule has 142 valence electrons. The predicted molar refractivity (Wildman–Crippen MR) is 91.8 cm³/mol. The smallest absolute Gasteiger partial charge is 0.311 e. The van der Waals surface area contributed by atoms with Crippen LogP contribution in [0.1, 0.15) is 41.5 Å². The maximum Gasteiger partial charge on any atom is 0.311 e. The highest BCUT2D eigenvalue weighted by Crippen LogP contribution is 2.33.